The van der Waals surface area contributed by atoms with Crippen LogP contribution in [-0.2, 0) is 0 Å². The van der Waals surface area contributed by atoms with Gasteiger partial charge in [-0.05, 0) is 201 Å². The van der Waals surface area contributed by atoms with E-state index in [9.17, 15) is 0 Å². The third kappa shape index (κ3) is 8.75. The van der Waals surface area contributed by atoms with E-state index in [4.69, 9.17) is 9.40 Å². The Morgan fingerprint density at radius 3 is 1.16 bits per heavy atom. The molecular weight excluding hydrogens is 1340 g/mol. The molecule has 0 saturated carbocycles. The molecule has 0 amide bonds. The number of pyridine rings is 1. The van der Waals surface area contributed by atoms with Gasteiger partial charge in [0.05, 0.1) is 83.9 Å². The quantitative estimate of drug-likeness (QED) is 0.149. The third-order valence-corrected chi connectivity index (χ3v) is 23.5. The standard InChI is InChI=1S/C102H63N7O/c1-4-26-63(27-5-1)101-77-38-16-23-45-93(77)104(64-28-6-2-7-29-64)97-59-80-79(58-86(97)101)70-51-48-66(108-91-43-21-14-36-75(91)82-55-67(49-52-94(82)108)106-87-39-17-10-32-71(87)72-33-11-18-40-88(72)106)54-78(70)84-57-69(62-103-102(84)85-61-100-98(60-81(80)85)105(65-30-8-3-9-31-65)96-46-24-25-47-99(96)110-100)109-92-44-22-15-37-76(92)83-56-68(50-53-95(83)109)107-89-41-19-12-34-73(89)74-35-13-20-42-90(74)107/h1-62,101H. The molecule has 17 aromatic carbocycles. The minimum Gasteiger partial charge on any atom is -0.453 e. The van der Waals surface area contributed by atoms with Gasteiger partial charge < -0.3 is 32.2 Å². The predicted molar refractivity (Wildman–Crippen MR) is 458 cm³/mol. The second-order valence-electron chi connectivity index (χ2n) is 29.3. The van der Waals surface area contributed by atoms with Crippen LogP contribution >= 0.6 is 0 Å². The van der Waals surface area contributed by atoms with Crippen molar-refractivity contribution in [1.29, 1.82) is 0 Å². The predicted octanol–water partition coefficient (Wildman–Crippen LogP) is 26.9. The highest BCUT2D eigenvalue weighted by Crippen LogP contribution is 2.54. The second kappa shape index (κ2) is 23.4. The van der Waals surface area contributed by atoms with Crippen LogP contribution in [0.3, 0.4) is 0 Å². The van der Waals surface area contributed by atoms with E-state index in [0.29, 0.717) is 0 Å². The summed E-state index contributed by atoms with van der Waals surface area (Å²) in [4.78, 5) is 8.48. The van der Waals surface area contributed by atoms with E-state index in [1.807, 2.05) is 0 Å². The number of aromatic nitrogens is 6. The fourth-order valence-electron chi connectivity index (χ4n) is 18.9. The van der Waals surface area contributed by atoms with E-state index < -0.39 is 0 Å². The van der Waals surface area contributed by atoms with E-state index in [1.54, 1.807) is 0 Å². The lowest BCUT2D eigenvalue weighted by atomic mass is 9.78. The molecular formula is C102H63N7O. The number of fused-ring (bicyclic) bond motifs is 24. The van der Waals surface area contributed by atoms with Crippen LogP contribution in [0.4, 0.5) is 17.1 Å². The first kappa shape index (κ1) is 60.5. The molecule has 0 spiro atoms. The number of anilines is 3. The molecule has 7 heterocycles. The van der Waals surface area contributed by atoms with Crippen LogP contribution in [0.15, 0.2) is 381 Å². The summed E-state index contributed by atoms with van der Waals surface area (Å²) in [6.07, 6.45) is 2.11. The van der Waals surface area contributed by atoms with Gasteiger partial charge in [-0.25, -0.2) is 0 Å². The molecule has 0 bridgehead atoms. The van der Waals surface area contributed by atoms with Crippen LogP contribution < -0.4 is 4.90 Å². The molecule has 1 unspecified atom stereocenters. The van der Waals surface area contributed by atoms with Gasteiger partial charge in [-0.15, -0.1) is 0 Å². The lowest BCUT2D eigenvalue weighted by Crippen LogP contribution is -2.22. The van der Waals surface area contributed by atoms with Crippen molar-refractivity contribution in [3.05, 3.63) is 393 Å². The van der Waals surface area contributed by atoms with Crippen molar-refractivity contribution >= 4 is 170 Å². The van der Waals surface area contributed by atoms with Crippen molar-refractivity contribution < 1.29 is 4.42 Å². The van der Waals surface area contributed by atoms with Gasteiger partial charge in [-0.3, -0.25) is 4.98 Å². The maximum Gasteiger partial charge on any atom is 0.152 e. The summed E-state index contributed by atoms with van der Waals surface area (Å²) in [6.45, 7) is 0. The number of hydrogen-bond donors (Lipinski definition) is 0. The summed E-state index contributed by atoms with van der Waals surface area (Å²) in [5.74, 6) is -0.126. The SMILES string of the molecule is c1ccc(C2c3ccccc3N(c3ccccc3)c3cc4c(cc32)c2ccc(-n3c5ccccc5c5cc(-n6c7ccccc7c7ccccc76)ccc53)cc2c2cc(-n3c5ccccc5c5cc(-n6c7ccccc7c7ccccc76)ccc53)cnc2c2cc3oc5ccccc5n(-c5ccccc5)c3cc42)cc1. The zero-order chi connectivity index (χ0) is 71.8. The molecule has 6 aromatic heterocycles. The van der Waals surface area contributed by atoms with Crippen LogP contribution in [0.1, 0.15) is 22.6 Å². The summed E-state index contributed by atoms with van der Waals surface area (Å²) in [6, 6.07) is 137. The summed E-state index contributed by atoms with van der Waals surface area (Å²) >= 11 is 0. The van der Waals surface area contributed by atoms with Crippen LogP contribution in [0, 0.1) is 0 Å². The Labute approximate surface area is 630 Å². The van der Waals surface area contributed by atoms with Crippen molar-refractivity contribution in [1.82, 2.24) is 27.8 Å². The molecule has 0 aliphatic carbocycles. The minimum absolute atomic E-state index is 0.126. The molecule has 1 aliphatic rings. The van der Waals surface area contributed by atoms with Crippen molar-refractivity contribution in [3.8, 4) is 28.4 Å². The zero-order valence-electron chi connectivity index (χ0n) is 59.4. The molecule has 0 radical (unpaired) electrons. The molecule has 8 heteroatoms. The Morgan fingerprint density at radius 2 is 0.600 bits per heavy atom. The zero-order valence-corrected chi connectivity index (χ0v) is 59.4. The van der Waals surface area contributed by atoms with Crippen LogP contribution in [0.2, 0.25) is 0 Å². The Kier molecular flexibility index (Phi) is 12.9. The molecule has 512 valence electrons. The average Bonchev–Trinajstić information content (AvgIpc) is 1.12. The van der Waals surface area contributed by atoms with E-state index in [1.165, 1.54) is 71.1 Å². The van der Waals surface area contributed by atoms with Gasteiger partial charge in [0.2, 0.25) is 0 Å². The number of benzene rings is 16. The Morgan fingerprint density at radius 1 is 0.209 bits per heavy atom. The monoisotopic (exact) mass is 1400 g/mol. The number of rotatable bonds is 7. The van der Waals surface area contributed by atoms with Gasteiger partial charge in [-0.2, -0.15) is 0 Å². The summed E-state index contributed by atoms with van der Waals surface area (Å²) < 4.78 is 19.5. The van der Waals surface area contributed by atoms with Gasteiger partial charge in [0, 0.05) is 88.2 Å². The van der Waals surface area contributed by atoms with Crippen LogP contribution in [0.25, 0.3) is 181 Å². The number of hydrogen-bond acceptors (Lipinski definition) is 3. The van der Waals surface area contributed by atoms with Gasteiger partial charge >= 0.3 is 0 Å². The summed E-state index contributed by atoms with van der Waals surface area (Å²) in [7, 11) is 0. The van der Waals surface area contributed by atoms with Gasteiger partial charge in [0.15, 0.2) is 11.2 Å². The van der Waals surface area contributed by atoms with Gasteiger partial charge in [0.1, 0.15) is 0 Å². The normalized spacial score (nSPS) is 13.2. The fourth-order valence-corrected chi connectivity index (χ4v) is 18.9. The molecule has 0 saturated heterocycles. The van der Waals surface area contributed by atoms with E-state index in [-0.39, 0.29) is 5.92 Å². The van der Waals surface area contributed by atoms with Crippen molar-refractivity contribution in [3.63, 3.8) is 0 Å². The molecule has 23 aromatic rings. The molecule has 110 heavy (non-hydrogen) atoms. The van der Waals surface area contributed by atoms with Crippen molar-refractivity contribution in [2.24, 2.45) is 0 Å². The lowest BCUT2D eigenvalue weighted by molar-refractivity contribution is 0.654. The topological polar surface area (TPSA) is 53.9 Å². The lowest BCUT2D eigenvalue weighted by Gasteiger charge is -2.38. The minimum atomic E-state index is -0.126. The second-order valence-corrected chi connectivity index (χ2v) is 29.3. The van der Waals surface area contributed by atoms with Crippen LogP contribution in [-0.4, -0.2) is 27.8 Å². The van der Waals surface area contributed by atoms with Crippen molar-refractivity contribution in [2.45, 2.75) is 5.92 Å². The summed E-state index contributed by atoms with van der Waals surface area (Å²) in [5, 5.41) is 16.8. The fraction of sp³-hybridized carbons (Fsp3) is 0.00980. The Hall–Kier alpha value is -14.7. The van der Waals surface area contributed by atoms with Crippen LogP contribution in [0.5, 0.6) is 0 Å². The first-order valence-electron chi connectivity index (χ1n) is 37.8. The van der Waals surface area contributed by atoms with E-state index >= 15 is 0 Å². The highest BCUT2D eigenvalue weighted by molar-refractivity contribution is 6.28. The highest BCUT2D eigenvalue weighted by atomic mass is 16.3. The average molecular weight is 1400 g/mol. The first-order chi connectivity index (χ1) is 54.6. The largest absolute Gasteiger partial charge is 0.453 e. The number of para-hydroxylation sites is 11. The third-order valence-electron chi connectivity index (χ3n) is 23.5. The molecule has 0 N–H and O–H groups in total. The highest BCUT2D eigenvalue weighted by Gasteiger charge is 2.34. The Bertz CT molecular complexity index is 7820. The van der Waals surface area contributed by atoms with E-state index in [0.717, 1.165) is 144 Å². The first-order valence-corrected chi connectivity index (χ1v) is 37.8. The Balaban J connectivity index is 0.855. The molecule has 1 aliphatic heterocycles. The molecule has 8 nitrogen and oxygen atoms in total. The smallest absolute Gasteiger partial charge is 0.152 e. The van der Waals surface area contributed by atoms with E-state index in [2.05, 4.69) is 404 Å². The number of nitrogens with zero attached hydrogens (tertiary/aromatic N) is 7. The maximum atomic E-state index is 7.31. The maximum absolute atomic E-state index is 7.31. The van der Waals surface area contributed by atoms with Gasteiger partial charge in [0.25, 0.3) is 0 Å². The summed E-state index contributed by atoms with van der Waals surface area (Å²) in [5.41, 5.74) is 25.5. The molecule has 0 fully saturated rings. The van der Waals surface area contributed by atoms with Crippen molar-refractivity contribution in [2.75, 3.05) is 4.90 Å². The molecule has 1 atom stereocenters. The molecule has 24 rings (SSSR count). The van der Waals surface area contributed by atoms with Gasteiger partial charge in [-0.1, -0.05) is 212 Å².